The second-order valence-electron chi connectivity index (χ2n) is 5.75. The van der Waals surface area contributed by atoms with Crippen molar-refractivity contribution in [1.29, 1.82) is 0 Å². The zero-order valence-electron chi connectivity index (χ0n) is 13.6. The molecule has 0 radical (unpaired) electrons. The minimum atomic E-state index is 1.13. The van der Waals surface area contributed by atoms with Gasteiger partial charge in [0.1, 0.15) is 0 Å². The number of fused-ring (bicyclic) bond motifs is 1. The van der Waals surface area contributed by atoms with Crippen molar-refractivity contribution < 1.29 is 0 Å². The monoisotopic (exact) mass is 331 g/mol. The lowest BCUT2D eigenvalue weighted by molar-refractivity contribution is 0.768. The molecule has 0 unspecified atom stereocenters. The molecule has 0 amide bonds. The Morgan fingerprint density at radius 3 is 2.38 bits per heavy atom. The lowest BCUT2D eigenvalue weighted by atomic mass is 9.99. The summed E-state index contributed by atoms with van der Waals surface area (Å²) in [5.74, 6) is 0. The number of pyridine rings is 1. The summed E-state index contributed by atoms with van der Waals surface area (Å²) in [6.07, 6.45) is 9.89. The van der Waals surface area contributed by atoms with Crippen molar-refractivity contribution in [1.82, 2.24) is 14.8 Å². The molecule has 0 aliphatic heterocycles. The van der Waals surface area contributed by atoms with Crippen molar-refractivity contribution in [3.63, 3.8) is 0 Å². The van der Waals surface area contributed by atoms with Gasteiger partial charge in [0.05, 0.1) is 6.20 Å². The Balaban J connectivity index is 1.80. The molecule has 0 fully saturated rings. The van der Waals surface area contributed by atoms with E-state index >= 15 is 0 Å². The minimum absolute atomic E-state index is 1.13. The lowest BCUT2D eigenvalue weighted by Gasteiger charge is -2.08. The van der Waals surface area contributed by atoms with Gasteiger partial charge in [-0.2, -0.15) is 5.10 Å². The van der Waals surface area contributed by atoms with Crippen LogP contribution in [0.5, 0.6) is 0 Å². The highest BCUT2D eigenvalue weighted by Crippen LogP contribution is 2.31. The first-order valence-corrected chi connectivity index (χ1v) is 8.98. The van der Waals surface area contributed by atoms with Crippen LogP contribution in [0.15, 0.2) is 72.1 Å². The van der Waals surface area contributed by atoms with E-state index in [2.05, 4.69) is 58.8 Å². The van der Waals surface area contributed by atoms with E-state index in [1.807, 2.05) is 36.5 Å². The van der Waals surface area contributed by atoms with Gasteiger partial charge in [0, 0.05) is 47.0 Å². The molecule has 0 aliphatic rings. The van der Waals surface area contributed by atoms with E-state index in [4.69, 9.17) is 0 Å². The maximum atomic E-state index is 4.41. The molecule has 118 valence electrons. The summed E-state index contributed by atoms with van der Waals surface area (Å²) in [4.78, 5) is 5.67. The van der Waals surface area contributed by atoms with Gasteiger partial charge >= 0.3 is 0 Å². The molecule has 0 spiro atoms. The fourth-order valence-electron chi connectivity index (χ4n) is 2.91. The summed E-state index contributed by atoms with van der Waals surface area (Å²) in [6, 6.07) is 15.1. The van der Waals surface area contributed by atoms with Gasteiger partial charge in [-0.15, -0.1) is 11.8 Å². The van der Waals surface area contributed by atoms with Crippen LogP contribution in [0.25, 0.3) is 33.0 Å². The number of benzene rings is 2. The highest BCUT2D eigenvalue weighted by Gasteiger charge is 2.07. The van der Waals surface area contributed by atoms with Crippen LogP contribution in [0.1, 0.15) is 0 Å². The van der Waals surface area contributed by atoms with E-state index in [-0.39, 0.29) is 0 Å². The molecule has 0 saturated carbocycles. The van der Waals surface area contributed by atoms with E-state index in [0.717, 1.165) is 5.56 Å². The van der Waals surface area contributed by atoms with E-state index in [1.165, 1.54) is 32.4 Å². The number of rotatable bonds is 3. The predicted octanol–water partition coefficient (Wildman–Crippen LogP) is 5.02. The van der Waals surface area contributed by atoms with Gasteiger partial charge in [-0.3, -0.25) is 9.67 Å². The Morgan fingerprint density at radius 2 is 1.67 bits per heavy atom. The minimum Gasteiger partial charge on any atom is -0.275 e. The molecule has 4 heteroatoms. The first kappa shape index (κ1) is 15.0. The Hall–Kier alpha value is -2.59. The molecular weight excluding hydrogens is 314 g/mol. The molecule has 3 nitrogen and oxygen atoms in total. The standard InChI is InChI=1S/C20H17N3S/c1-23-13-17(11-22-23)14-3-5-15(6-4-14)20-12-21-10-16-7-8-18(24-2)9-19(16)20/h3-13H,1-2H3. The van der Waals surface area contributed by atoms with Gasteiger partial charge in [-0.1, -0.05) is 30.3 Å². The number of hydrogen-bond acceptors (Lipinski definition) is 3. The first-order chi connectivity index (χ1) is 11.7. The van der Waals surface area contributed by atoms with Crippen molar-refractivity contribution in [2.45, 2.75) is 4.90 Å². The van der Waals surface area contributed by atoms with E-state index in [1.54, 1.807) is 11.8 Å². The van der Waals surface area contributed by atoms with E-state index in [9.17, 15) is 0 Å². The number of aromatic nitrogens is 3. The molecule has 0 N–H and O–H groups in total. The van der Waals surface area contributed by atoms with Crippen LogP contribution >= 0.6 is 11.8 Å². The summed E-state index contributed by atoms with van der Waals surface area (Å²) in [6.45, 7) is 0. The van der Waals surface area contributed by atoms with Crippen LogP contribution in [0.4, 0.5) is 0 Å². The Kier molecular flexibility index (Phi) is 3.82. The van der Waals surface area contributed by atoms with Crippen LogP contribution in [0.3, 0.4) is 0 Å². The second kappa shape index (κ2) is 6.13. The normalized spacial score (nSPS) is 11.1. The third kappa shape index (κ3) is 2.69. The van der Waals surface area contributed by atoms with Crippen molar-refractivity contribution in [3.8, 4) is 22.3 Å². The molecule has 2 aromatic heterocycles. The Morgan fingerprint density at radius 1 is 0.875 bits per heavy atom. The third-order valence-electron chi connectivity index (χ3n) is 4.20. The average Bonchev–Trinajstić information content (AvgIpc) is 3.07. The maximum Gasteiger partial charge on any atom is 0.0568 e. The molecule has 0 bridgehead atoms. The highest BCUT2D eigenvalue weighted by molar-refractivity contribution is 7.98. The van der Waals surface area contributed by atoms with Crippen LogP contribution in [0.2, 0.25) is 0 Å². The summed E-state index contributed by atoms with van der Waals surface area (Å²) in [5, 5.41) is 6.65. The smallest absolute Gasteiger partial charge is 0.0568 e. The van der Waals surface area contributed by atoms with Gasteiger partial charge < -0.3 is 0 Å². The third-order valence-corrected chi connectivity index (χ3v) is 4.93. The molecule has 0 aliphatic carbocycles. The second-order valence-corrected chi connectivity index (χ2v) is 6.63. The first-order valence-electron chi connectivity index (χ1n) is 7.76. The summed E-state index contributed by atoms with van der Waals surface area (Å²) < 4.78 is 1.82. The summed E-state index contributed by atoms with van der Waals surface area (Å²) in [5.41, 5.74) is 4.65. The van der Waals surface area contributed by atoms with Gasteiger partial charge in [-0.25, -0.2) is 0 Å². The summed E-state index contributed by atoms with van der Waals surface area (Å²) in [7, 11) is 1.93. The molecule has 0 saturated heterocycles. The van der Waals surface area contributed by atoms with Crippen LogP contribution in [-0.2, 0) is 7.05 Å². The Labute approximate surface area is 145 Å². The molecule has 2 heterocycles. The number of nitrogens with zero attached hydrogens (tertiary/aromatic N) is 3. The topological polar surface area (TPSA) is 30.7 Å². The summed E-state index contributed by atoms with van der Waals surface area (Å²) >= 11 is 1.76. The molecule has 4 rings (SSSR count). The highest BCUT2D eigenvalue weighted by atomic mass is 32.2. The van der Waals surface area contributed by atoms with Gasteiger partial charge in [0.25, 0.3) is 0 Å². The average molecular weight is 331 g/mol. The Bertz CT molecular complexity index is 1000. The number of aryl methyl sites for hydroxylation is 1. The van der Waals surface area contributed by atoms with E-state index in [0.29, 0.717) is 0 Å². The van der Waals surface area contributed by atoms with Crippen molar-refractivity contribution >= 4 is 22.5 Å². The molecule has 4 aromatic rings. The van der Waals surface area contributed by atoms with Crippen LogP contribution in [-0.4, -0.2) is 21.0 Å². The predicted molar refractivity (Wildman–Crippen MR) is 101 cm³/mol. The zero-order valence-corrected chi connectivity index (χ0v) is 14.4. The van der Waals surface area contributed by atoms with E-state index < -0.39 is 0 Å². The molecule has 0 atom stereocenters. The lowest BCUT2D eigenvalue weighted by Crippen LogP contribution is -1.85. The quantitative estimate of drug-likeness (QED) is 0.494. The maximum absolute atomic E-state index is 4.41. The van der Waals surface area contributed by atoms with Crippen molar-refractivity contribution in [3.05, 3.63) is 67.3 Å². The SMILES string of the molecule is CSc1ccc2cncc(-c3ccc(-c4cnn(C)c4)cc3)c2c1. The van der Waals surface area contributed by atoms with Gasteiger partial charge in [0.15, 0.2) is 0 Å². The molecule has 2 aromatic carbocycles. The molecular formula is C20H17N3S. The van der Waals surface area contributed by atoms with Crippen molar-refractivity contribution in [2.75, 3.05) is 6.26 Å². The fraction of sp³-hybridized carbons (Fsp3) is 0.100. The van der Waals surface area contributed by atoms with Gasteiger partial charge in [-0.05, 0) is 34.9 Å². The number of thioether (sulfide) groups is 1. The van der Waals surface area contributed by atoms with Crippen molar-refractivity contribution in [2.24, 2.45) is 7.05 Å². The van der Waals surface area contributed by atoms with Gasteiger partial charge in [0.2, 0.25) is 0 Å². The van der Waals surface area contributed by atoms with Crippen LogP contribution in [0, 0.1) is 0 Å². The number of hydrogen-bond donors (Lipinski definition) is 0. The fourth-order valence-corrected chi connectivity index (χ4v) is 3.35. The zero-order chi connectivity index (χ0) is 16.5. The van der Waals surface area contributed by atoms with Crippen LogP contribution < -0.4 is 0 Å². The largest absolute Gasteiger partial charge is 0.275 e. The molecule has 24 heavy (non-hydrogen) atoms.